The number of aryl methyl sites for hydroxylation is 1. The molecule has 4 aromatic rings. The predicted molar refractivity (Wildman–Crippen MR) is 120 cm³/mol. The number of hydrogen-bond donors (Lipinski definition) is 2. The largest absolute Gasteiger partial charge is 0.439 e. The molecule has 2 amide bonds. The molecule has 0 saturated heterocycles. The molecule has 0 unspecified atom stereocenters. The van der Waals surface area contributed by atoms with E-state index in [4.69, 9.17) is 16.3 Å². The third-order valence-corrected chi connectivity index (χ3v) is 4.79. The molecule has 4 rings (SSSR count). The van der Waals surface area contributed by atoms with Gasteiger partial charge in [0.15, 0.2) is 5.82 Å². The zero-order chi connectivity index (χ0) is 24.3. The summed E-state index contributed by atoms with van der Waals surface area (Å²) in [5.74, 6) is 1.22. The molecule has 2 aromatic carbocycles. The van der Waals surface area contributed by atoms with Crippen molar-refractivity contribution in [2.24, 2.45) is 7.05 Å². The first-order chi connectivity index (χ1) is 16.2. The molecule has 0 saturated carbocycles. The van der Waals surface area contributed by atoms with Crippen LogP contribution in [0.25, 0.3) is 11.4 Å². The zero-order valence-electron chi connectivity index (χ0n) is 17.5. The monoisotopic (exact) mass is 488 g/mol. The van der Waals surface area contributed by atoms with Gasteiger partial charge in [0.1, 0.15) is 5.75 Å². The molecule has 2 aromatic heterocycles. The van der Waals surface area contributed by atoms with E-state index in [-0.39, 0.29) is 5.69 Å². The van der Waals surface area contributed by atoms with Gasteiger partial charge >= 0.3 is 12.2 Å². The van der Waals surface area contributed by atoms with Crippen LogP contribution in [-0.2, 0) is 13.2 Å². The summed E-state index contributed by atoms with van der Waals surface area (Å²) in [6, 6.07) is 10.3. The Morgan fingerprint density at radius 1 is 1.06 bits per heavy atom. The number of halogens is 4. The Hall–Kier alpha value is -4.12. The first-order valence-corrected chi connectivity index (χ1v) is 10.1. The molecule has 0 bridgehead atoms. The van der Waals surface area contributed by atoms with Gasteiger partial charge in [-0.2, -0.15) is 23.3 Å². The number of nitrogens with one attached hydrogen (secondary N) is 2. The van der Waals surface area contributed by atoms with Crippen LogP contribution in [0.1, 0.15) is 5.56 Å². The van der Waals surface area contributed by atoms with Crippen molar-refractivity contribution in [2.75, 3.05) is 10.6 Å². The van der Waals surface area contributed by atoms with Gasteiger partial charge in [0, 0.05) is 36.9 Å². The number of aromatic nitrogens is 4. The summed E-state index contributed by atoms with van der Waals surface area (Å²) >= 11 is 5.59. The van der Waals surface area contributed by atoms with Crippen molar-refractivity contribution >= 4 is 29.0 Å². The number of hydrogen-bond acceptors (Lipinski definition) is 5. The van der Waals surface area contributed by atoms with E-state index in [1.165, 1.54) is 6.07 Å². The number of benzene rings is 2. The first-order valence-electron chi connectivity index (χ1n) is 9.72. The van der Waals surface area contributed by atoms with Crippen LogP contribution in [0.4, 0.5) is 29.3 Å². The molecule has 0 aliphatic rings. The van der Waals surface area contributed by atoms with Crippen molar-refractivity contribution in [3.8, 4) is 23.0 Å². The summed E-state index contributed by atoms with van der Waals surface area (Å²) < 4.78 is 46.3. The number of alkyl halides is 3. The van der Waals surface area contributed by atoms with Crippen molar-refractivity contribution in [2.45, 2.75) is 6.18 Å². The molecule has 174 valence electrons. The number of ether oxygens (including phenoxy) is 1. The minimum absolute atomic E-state index is 0.0534. The summed E-state index contributed by atoms with van der Waals surface area (Å²) in [4.78, 5) is 20.7. The SMILES string of the molecule is Cn1cc(-c2nccc(Oc3ccc(NC(=O)Nc4ccc(Cl)c(C(F)(F)F)c4)cc3)n2)cn1. The Balaban J connectivity index is 1.38. The maximum atomic E-state index is 13.0. The molecule has 0 fully saturated rings. The molecule has 0 atom stereocenters. The minimum Gasteiger partial charge on any atom is -0.439 e. The van der Waals surface area contributed by atoms with Gasteiger partial charge in [-0.05, 0) is 42.5 Å². The van der Waals surface area contributed by atoms with Gasteiger partial charge in [-0.1, -0.05) is 11.6 Å². The first kappa shape index (κ1) is 23.1. The van der Waals surface area contributed by atoms with Gasteiger partial charge in [0.25, 0.3) is 0 Å². The summed E-state index contributed by atoms with van der Waals surface area (Å²) in [6.07, 6.45) is 0.340. The third-order valence-electron chi connectivity index (χ3n) is 4.46. The van der Waals surface area contributed by atoms with Crippen molar-refractivity contribution in [3.05, 3.63) is 77.7 Å². The number of anilines is 2. The van der Waals surface area contributed by atoms with E-state index in [9.17, 15) is 18.0 Å². The van der Waals surface area contributed by atoms with Crippen LogP contribution in [-0.4, -0.2) is 25.8 Å². The number of amides is 2. The van der Waals surface area contributed by atoms with Gasteiger partial charge in [-0.3, -0.25) is 4.68 Å². The number of urea groups is 1. The Kier molecular flexibility index (Phi) is 6.37. The lowest BCUT2D eigenvalue weighted by atomic mass is 10.2. The van der Waals surface area contributed by atoms with Gasteiger partial charge in [0.2, 0.25) is 5.88 Å². The van der Waals surface area contributed by atoms with Crippen LogP contribution in [0, 0.1) is 0 Å². The predicted octanol–water partition coefficient (Wildman–Crippen LogP) is 5.99. The molecular formula is C22H16ClF3N6O2. The summed E-state index contributed by atoms with van der Waals surface area (Å²) in [5, 5.41) is 8.51. The Labute approximate surface area is 196 Å². The lowest BCUT2D eigenvalue weighted by molar-refractivity contribution is -0.137. The van der Waals surface area contributed by atoms with Crippen LogP contribution < -0.4 is 15.4 Å². The second-order valence-electron chi connectivity index (χ2n) is 7.02. The van der Waals surface area contributed by atoms with E-state index >= 15 is 0 Å². The number of carbonyl (C=O) groups excluding carboxylic acids is 1. The maximum Gasteiger partial charge on any atom is 0.417 e. The topological polar surface area (TPSA) is 94.0 Å². The highest BCUT2D eigenvalue weighted by Crippen LogP contribution is 2.36. The van der Waals surface area contributed by atoms with Crippen LogP contribution >= 0.6 is 11.6 Å². The lowest BCUT2D eigenvalue weighted by Crippen LogP contribution is -2.19. The van der Waals surface area contributed by atoms with Gasteiger partial charge in [-0.15, -0.1) is 0 Å². The molecule has 2 heterocycles. The fourth-order valence-electron chi connectivity index (χ4n) is 2.92. The molecule has 12 heteroatoms. The highest BCUT2D eigenvalue weighted by atomic mass is 35.5. The average molecular weight is 489 g/mol. The molecular weight excluding hydrogens is 473 g/mol. The van der Waals surface area contributed by atoms with E-state index in [1.807, 2.05) is 0 Å². The average Bonchev–Trinajstić information content (AvgIpc) is 3.22. The van der Waals surface area contributed by atoms with Crippen molar-refractivity contribution in [1.29, 1.82) is 0 Å². The van der Waals surface area contributed by atoms with Crippen molar-refractivity contribution < 1.29 is 22.7 Å². The molecule has 0 aliphatic heterocycles. The van der Waals surface area contributed by atoms with Crippen LogP contribution in [0.5, 0.6) is 11.6 Å². The lowest BCUT2D eigenvalue weighted by Gasteiger charge is -2.12. The third kappa shape index (κ3) is 5.62. The summed E-state index contributed by atoms with van der Waals surface area (Å²) in [7, 11) is 1.79. The summed E-state index contributed by atoms with van der Waals surface area (Å²) in [6.45, 7) is 0. The second kappa shape index (κ2) is 9.40. The smallest absolute Gasteiger partial charge is 0.417 e. The van der Waals surface area contributed by atoms with Crippen molar-refractivity contribution in [1.82, 2.24) is 19.7 Å². The molecule has 0 aliphatic carbocycles. The fourth-order valence-corrected chi connectivity index (χ4v) is 3.14. The minimum atomic E-state index is -4.64. The van der Waals surface area contributed by atoms with Crippen LogP contribution in [0.3, 0.4) is 0 Å². The standard InChI is InChI=1S/C22H16ClF3N6O2/c1-32-12-13(11-28-32)20-27-9-8-19(31-20)34-16-5-2-14(3-6-16)29-21(33)30-15-4-7-18(23)17(10-15)22(24,25)26/h2-12H,1H3,(H2,29,30,33). The normalized spacial score (nSPS) is 11.2. The molecule has 8 nitrogen and oxygen atoms in total. The highest BCUT2D eigenvalue weighted by Gasteiger charge is 2.33. The molecule has 2 N–H and O–H groups in total. The number of carbonyl (C=O) groups is 1. The highest BCUT2D eigenvalue weighted by molar-refractivity contribution is 6.31. The Morgan fingerprint density at radius 3 is 2.44 bits per heavy atom. The van der Waals surface area contributed by atoms with E-state index in [1.54, 1.807) is 60.7 Å². The molecule has 0 spiro atoms. The zero-order valence-corrected chi connectivity index (χ0v) is 18.2. The van der Waals surface area contributed by atoms with Gasteiger partial charge < -0.3 is 15.4 Å². The maximum absolute atomic E-state index is 13.0. The van der Waals surface area contributed by atoms with E-state index < -0.39 is 22.8 Å². The quantitative estimate of drug-likeness (QED) is 0.360. The fraction of sp³-hybridized carbons (Fsp3) is 0.0909. The van der Waals surface area contributed by atoms with Crippen LogP contribution in [0.2, 0.25) is 5.02 Å². The van der Waals surface area contributed by atoms with Crippen LogP contribution in [0.15, 0.2) is 67.1 Å². The number of rotatable bonds is 5. The second-order valence-corrected chi connectivity index (χ2v) is 7.43. The van der Waals surface area contributed by atoms with Gasteiger partial charge in [-0.25, -0.2) is 9.78 Å². The summed E-state index contributed by atoms with van der Waals surface area (Å²) in [5.41, 5.74) is 0.0439. The Morgan fingerprint density at radius 2 is 1.76 bits per heavy atom. The van der Waals surface area contributed by atoms with Gasteiger partial charge in [0.05, 0.1) is 22.3 Å². The van der Waals surface area contributed by atoms with E-state index in [0.717, 1.165) is 17.7 Å². The van der Waals surface area contributed by atoms with Crippen molar-refractivity contribution in [3.63, 3.8) is 0 Å². The number of nitrogens with zero attached hydrogens (tertiary/aromatic N) is 4. The molecule has 0 radical (unpaired) electrons. The molecule has 34 heavy (non-hydrogen) atoms. The Bertz CT molecular complexity index is 1320. The van der Waals surface area contributed by atoms with E-state index in [2.05, 4.69) is 25.7 Å². The van der Waals surface area contributed by atoms with E-state index in [0.29, 0.717) is 23.1 Å².